The molecule has 0 saturated heterocycles. The molecule has 1 rings (SSSR count). The summed E-state index contributed by atoms with van der Waals surface area (Å²) in [6, 6.07) is 8.50. The highest BCUT2D eigenvalue weighted by Gasteiger charge is 2.37. The zero-order valence-corrected chi connectivity index (χ0v) is 9.87. The lowest BCUT2D eigenvalue weighted by molar-refractivity contribution is -0.155. The maximum Gasteiger partial charge on any atom is 0.314 e. The molecule has 1 aromatic carbocycles. The first-order chi connectivity index (χ1) is 8.55. The van der Waals surface area contributed by atoms with Crippen molar-refractivity contribution in [1.29, 1.82) is 0 Å². The highest BCUT2D eigenvalue weighted by molar-refractivity contribution is 5.96. The number of Topliss-reactive ketones (excluding diaryl/α,β-unsaturated/α-hetero) is 1. The Bertz CT molecular complexity index is 409. The fraction of sp³-hybridized carbons (Fsp3) is 0.385. The van der Waals surface area contributed by atoms with Gasteiger partial charge in [-0.1, -0.05) is 30.3 Å². The van der Waals surface area contributed by atoms with Crippen molar-refractivity contribution in [3.05, 3.63) is 35.9 Å². The highest BCUT2D eigenvalue weighted by atomic mass is 16.4. The van der Waals surface area contributed by atoms with E-state index in [2.05, 4.69) is 0 Å². The van der Waals surface area contributed by atoms with Gasteiger partial charge in [0.2, 0.25) is 0 Å². The van der Waals surface area contributed by atoms with Gasteiger partial charge in [0, 0.05) is 12.0 Å². The molecule has 0 amide bonds. The van der Waals surface area contributed by atoms with Crippen LogP contribution in [0.4, 0.5) is 0 Å². The Balaban J connectivity index is 2.69. The quantitative estimate of drug-likeness (QED) is 0.621. The Morgan fingerprint density at radius 3 is 2.06 bits per heavy atom. The summed E-state index contributed by atoms with van der Waals surface area (Å²) in [6.07, 6.45) is -0.125. The molecule has 3 N–H and O–H groups in total. The zero-order chi connectivity index (χ0) is 13.6. The number of carbonyl (C=O) groups excluding carboxylic acids is 1. The average Bonchev–Trinajstić information content (AvgIpc) is 2.41. The summed E-state index contributed by atoms with van der Waals surface area (Å²) in [5, 5.41) is 27.1. The van der Waals surface area contributed by atoms with Crippen LogP contribution in [0.3, 0.4) is 0 Å². The number of ketones is 1. The van der Waals surface area contributed by atoms with E-state index in [4.69, 9.17) is 15.3 Å². The fourth-order valence-electron chi connectivity index (χ4n) is 1.57. The van der Waals surface area contributed by atoms with Crippen LogP contribution in [0.1, 0.15) is 23.2 Å². The number of carbonyl (C=O) groups is 2. The lowest BCUT2D eigenvalue weighted by atomic mass is 9.83. The van der Waals surface area contributed by atoms with Gasteiger partial charge in [-0.3, -0.25) is 9.59 Å². The standard InChI is InChI=1S/C13H16O5/c14-8-13(9-15,12(17)18)7-6-11(16)10-4-2-1-3-5-10/h1-5,14-15H,6-9H2,(H,17,18). The number of rotatable bonds is 7. The van der Waals surface area contributed by atoms with Gasteiger partial charge < -0.3 is 15.3 Å². The second-order valence-electron chi connectivity index (χ2n) is 4.19. The molecule has 0 bridgehead atoms. The number of hydrogen-bond acceptors (Lipinski definition) is 4. The summed E-state index contributed by atoms with van der Waals surface area (Å²) in [6.45, 7) is -1.39. The van der Waals surface area contributed by atoms with E-state index >= 15 is 0 Å². The molecule has 0 radical (unpaired) electrons. The largest absolute Gasteiger partial charge is 0.481 e. The van der Waals surface area contributed by atoms with Crippen molar-refractivity contribution in [2.75, 3.05) is 13.2 Å². The first-order valence-corrected chi connectivity index (χ1v) is 5.59. The molecule has 0 unspecified atom stereocenters. The molecule has 0 aliphatic carbocycles. The molecule has 98 valence electrons. The normalized spacial score (nSPS) is 11.2. The molecule has 0 spiro atoms. The lowest BCUT2D eigenvalue weighted by Crippen LogP contribution is -2.39. The second kappa shape index (κ2) is 6.28. The summed E-state index contributed by atoms with van der Waals surface area (Å²) in [5.41, 5.74) is -1.16. The van der Waals surface area contributed by atoms with E-state index in [1.165, 1.54) is 0 Å². The lowest BCUT2D eigenvalue weighted by Gasteiger charge is -2.24. The molecule has 1 aromatic rings. The zero-order valence-electron chi connectivity index (χ0n) is 9.87. The predicted octanol–water partition coefficient (Wildman–Crippen LogP) is 0.705. The van der Waals surface area contributed by atoms with Crippen LogP contribution in [0.15, 0.2) is 30.3 Å². The maximum atomic E-state index is 11.8. The minimum atomic E-state index is -1.65. The van der Waals surface area contributed by atoms with Gasteiger partial charge in [-0.05, 0) is 6.42 Å². The van der Waals surface area contributed by atoms with Crippen LogP contribution in [0.25, 0.3) is 0 Å². The number of aliphatic hydroxyl groups is 2. The number of carboxylic acid groups (broad SMARTS) is 1. The Labute approximate surface area is 105 Å². The smallest absolute Gasteiger partial charge is 0.314 e. The molecule has 18 heavy (non-hydrogen) atoms. The fourth-order valence-corrected chi connectivity index (χ4v) is 1.57. The average molecular weight is 252 g/mol. The van der Waals surface area contributed by atoms with Crippen LogP contribution < -0.4 is 0 Å². The summed E-state index contributed by atoms with van der Waals surface area (Å²) in [4.78, 5) is 22.8. The van der Waals surface area contributed by atoms with Crippen LogP contribution in [0.2, 0.25) is 0 Å². The Morgan fingerprint density at radius 2 is 1.61 bits per heavy atom. The molecular weight excluding hydrogens is 236 g/mol. The van der Waals surface area contributed by atoms with Gasteiger partial charge >= 0.3 is 5.97 Å². The van der Waals surface area contributed by atoms with Crippen molar-refractivity contribution >= 4 is 11.8 Å². The van der Waals surface area contributed by atoms with Crippen molar-refractivity contribution in [3.8, 4) is 0 Å². The van der Waals surface area contributed by atoms with Crippen LogP contribution >= 0.6 is 0 Å². The van der Waals surface area contributed by atoms with Gasteiger partial charge in [0.25, 0.3) is 0 Å². The Hall–Kier alpha value is -1.72. The van der Waals surface area contributed by atoms with Gasteiger partial charge in [-0.25, -0.2) is 0 Å². The maximum absolute atomic E-state index is 11.8. The molecule has 5 nitrogen and oxygen atoms in total. The molecule has 5 heteroatoms. The van der Waals surface area contributed by atoms with E-state index in [1.807, 2.05) is 0 Å². The van der Waals surface area contributed by atoms with Crippen molar-refractivity contribution in [1.82, 2.24) is 0 Å². The third-order valence-corrected chi connectivity index (χ3v) is 2.99. The SMILES string of the molecule is O=C(CCC(CO)(CO)C(=O)O)c1ccccc1. The molecule has 0 aliphatic heterocycles. The topological polar surface area (TPSA) is 94.8 Å². The first-order valence-electron chi connectivity index (χ1n) is 5.59. The van der Waals surface area contributed by atoms with Crippen LogP contribution in [-0.4, -0.2) is 40.3 Å². The van der Waals surface area contributed by atoms with E-state index in [9.17, 15) is 9.59 Å². The molecule has 0 heterocycles. The summed E-state index contributed by atoms with van der Waals surface area (Å²) in [5.74, 6) is -1.50. The minimum absolute atomic E-state index is 0.0303. The second-order valence-corrected chi connectivity index (χ2v) is 4.19. The Kier molecular flexibility index (Phi) is 5.00. The molecular formula is C13H16O5. The van der Waals surface area contributed by atoms with Gasteiger partial charge in [-0.2, -0.15) is 0 Å². The van der Waals surface area contributed by atoms with E-state index in [1.54, 1.807) is 30.3 Å². The van der Waals surface area contributed by atoms with Crippen LogP contribution in [-0.2, 0) is 4.79 Å². The summed E-state index contributed by atoms with van der Waals surface area (Å²) in [7, 11) is 0. The van der Waals surface area contributed by atoms with Gasteiger partial charge in [0.1, 0.15) is 5.41 Å². The van der Waals surface area contributed by atoms with E-state index in [0.29, 0.717) is 5.56 Å². The molecule has 0 aliphatic rings. The van der Waals surface area contributed by atoms with Crippen molar-refractivity contribution in [2.45, 2.75) is 12.8 Å². The summed E-state index contributed by atoms with van der Waals surface area (Å²) >= 11 is 0. The van der Waals surface area contributed by atoms with E-state index in [-0.39, 0.29) is 18.6 Å². The van der Waals surface area contributed by atoms with E-state index < -0.39 is 24.6 Å². The van der Waals surface area contributed by atoms with Crippen molar-refractivity contribution in [3.63, 3.8) is 0 Å². The van der Waals surface area contributed by atoms with Crippen LogP contribution in [0, 0.1) is 5.41 Å². The molecule has 0 fully saturated rings. The number of hydrogen-bond donors (Lipinski definition) is 3. The number of aliphatic carboxylic acids is 1. The highest BCUT2D eigenvalue weighted by Crippen LogP contribution is 2.24. The molecule has 0 saturated carbocycles. The number of carboxylic acids is 1. The summed E-state index contributed by atoms with van der Waals surface area (Å²) < 4.78 is 0. The third kappa shape index (κ3) is 3.15. The number of aliphatic hydroxyl groups excluding tert-OH is 2. The molecule has 0 aromatic heterocycles. The monoisotopic (exact) mass is 252 g/mol. The third-order valence-electron chi connectivity index (χ3n) is 2.99. The molecule has 0 atom stereocenters. The predicted molar refractivity (Wildman–Crippen MR) is 64.2 cm³/mol. The van der Waals surface area contributed by atoms with Gasteiger partial charge in [0.15, 0.2) is 5.78 Å². The van der Waals surface area contributed by atoms with Crippen LogP contribution in [0.5, 0.6) is 0 Å². The Morgan fingerprint density at radius 1 is 1.06 bits per heavy atom. The number of benzene rings is 1. The first kappa shape index (κ1) is 14.3. The van der Waals surface area contributed by atoms with Crippen molar-refractivity contribution < 1.29 is 24.9 Å². The van der Waals surface area contributed by atoms with Gasteiger partial charge in [0.05, 0.1) is 13.2 Å². The van der Waals surface area contributed by atoms with Gasteiger partial charge in [-0.15, -0.1) is 0 Å². The minimum Gasteiger partial charge on any atom is -0.481 e. The van der Waals surface area contributed by atoms with Crippen molar-refractivity contribution in [2.24, 2.45) is 5.41 Å². The van der Waals surface area contributed by atoms with E-state index in [0.717, 1.165) is 0 Å².